The number of ether oxygens (including phenoxy) is 1. The molecule has 1 unspecified atom stereocenters. The smallest absolute Gasteiger partial charge is 0.0549 e. The van der Waals surface area contributed by atoms with E-state index in [1.165, 1.54) is 38.0 Å². The van der Waals surface area contributed by atoms with Crippen molar-refractivity contribution in [2.24, 2.45) is 17.8 Å². The number of hydrogen-bond acceptors (Lipinski definition) is 2. The summed E-state index contributed by atoms with van der Waals surface area (Å²) in [6.07, 6.45) is 3.84. The Morgan fingerprint density at radius 2 is 1.94 bits per heavy atom. The van der Waals surface area contributed by atoms with Crippen LogP contribution in [0.3, 0.4) is 0 Å². The molecule has 2 aliphatic rings. The molecule has 1 atom stereocenters. The molecule has 2 aliphatic heterocycles. The van der Waals surface area contributed by atoms with Crippen LogP contribution in [0.15, 0.2) is 12.3 Å². The summed E-state index contributed by atoms with van der Waals surface area (Å²) in [6, 6.07) is 0. The Hall–Kier alpha value is -0.500. The molecule has 0 saturated carbocycles. The SMILES string of the molecule is C=C(C1CCOC1)N1CCC(C(C)C)CC1. The average molecular weight is 223 g/mol. The molecule has 0 aromatic rings. The Kier molecular flexibility index (Phi) is 3.91. The Balaban J connectivity index is 1.81. The lowest BCUT2D eigenvalue weighted by atomic mass is 9.86. The molecule has 0 aromatic carbocycles. The minimum atomic E-state index is 0.593. The zero-order chi connectivity index (χ0) is 11.5. The van der Waals surface area contributed by atoms with Gasteiger partial charge in [0, 0.05) is 31.3 Å². The van der Waals surface area contributed by atoms with Crippen molar-refractivity contribution in [1.29, 1.82) is 0 Å². The van der Waals surface area contributed by atoms with Crippen molar-refractivity contribution in [2.45, 2.75) is 33.1 Å². The van der Waals surface area contributed by atoms with Crippen LogP contribution in [0.4, 0.5) is 0 Å². The second-order valence-electron chi connectivity index (χ2n) is 5.62. The van der Waals surface area contributed by atoms with Gasteiger partial charge in [-0.1, -0.05) is 20.4 Å². The van der Waals surface area contributed by atoms with Crippen LogP contribution in [0.1, 0.15) is 33.1 Å². The topological polar surface area (TPSA) is 12.5 Å². The van der Waals surface area contributed by atoms with E-state index in [0.717, 1.165) is 25.0 Å². The van der Waals surface area contributed by atoms with Crippen LogP contribution in [-0.2, 0) is 4.74 Å². The monoisotopic (exact) mass is 223 g/mol. The number of hydrogen-bond donors (Lipinski definition) is 0. The molecule has 2 rings (SSSR count). The highest BCUT2D eigenvalue weighted by molar-refractivity contribution is 5.03. The van der Waals surface area contributed by atoms with Gasteiger partial charge in [0.25, 0.3) is 0 Å². The maximum absolute atomic E-state index is 5.44. The maximum Gasteiger partial charge on any atom is 0.0549 e. The van der Waals surface area contributed by atoms with Crippen LogP contribution < -0.4 is 0 Å². The molecule has 0 amide bonds. The van der Waals surface area contributed by atoms with Crippen LogP contribution in [0.5, 0.6) is 0 Å². The molecule has 2 nitrogen and oxygen atoms in total. The summed E-state index contributed by atoms with van der Waals surface area (Å²) in [4.78, 5) is 2.50. The fourth-order valence-electron chi connectivity index (χ4n) is 2.91. The van der Waals surface area contributed by atoms with Crippen molar-refractivity contribution in [1.82, 2.24) is 4.90 Å². The Labute approximate surface area is 99.7 Å². The summed E-state index contributed by atoms with van der Waals surface area (Å²) in [6.45, 7) is 13.2. The van der Waals surface area contributed by atoms with Crippen molar-refractivity contribution in [3.05, 3.63) is 12.3 Å². The zero-order valence-electron chi connectivity index (χ0n) is 10.7. The summed E-state index contributed by atoms with van der Waals surface area (Å²) in [5, 5.41) is 0. The molecule has 16 heavy (non-hydrogen) atoms. The van der Waals surface area contributed by atoms with Crippen LogP contribution in [0.25, 0.3) is 0 Å². The van der Waals surface area contributed by atoms with E-state index in [9.17, 15) is 0 Å². The first-order valence-corrected chi connectivity index (χ1v) is 6.70. The molecule has 2 fully saturated rings. The second-order valence-corrected chi connectivity index (χ2v) is 5.62. The van der Waals surface area contributed by atoms with Gasteiger partial charge in [-0.15, -0.1) is 0 Å². The van der Waals surface area contributed by atoms with Crippen LogP contribution in [-0.4, -0.2) is 31.2 Å². The van der Waals surface area contributed by atoms with Crippen molar-refractivity contribution in [2.75, 3.05) is 26.3 Å². The van der Waals surface area contributed by atoms with Gasteiger partial charge < -0.3 is 9.64 Å². The summed E-state index contributed by atoms with van der Waals surface area (Å²) in [7, 11) is 0. The molecular formula is C14H25NO. The molecule has 0 radical (unpaired) electrons. The van der Waals surface area contributed by atoms with E-state index < -0.39 is 0 Å². The van der Waals surface area contributed by atoms with Gasteiger partial charge in [0.05, 0.1) is 6.61 Å². The standard InChI is InChI=1S/C14H25NO/c1-11(2)13-4-7-15(8-5-13)12(3)14-6-9-16-10-14/h11,13-14H,3-10H2,1-2H3. The highest BCUT2D eigenvalue weighted by atomic mass is 16.5. The van der Waals surface area contributed by atoms with Gasteiger partial charge in [0.1, 0.15) is 0 Å². The summed E-state index contributed by atoms with van der Waals surface area (Å²) in [5.74, 6) is 2.35. The first-order valence-electron chi connectivity index (χ1n) is 6.70. The number of likely N-dealkylation sites (tertiary alicyclic amines) is 1. The Morgan fingerprint density at radius 1 is 1.25 bits per heavy atom. The first-order chi connectivity index (χ1) is 7.68. The Morgan fingerprint density at radius 3 is 2.44 bits per heavy atom. The molecule has 0 aliphatic carbocycles. The van der Waals surface area contributed by atoms with E-state index in [-0.39, 0.29) is 0 Å². The Bertz CT molecular complexity index is 235. The quantitative estimate of drug-likeness (QED) is 0.729. The molecule has 92 valence electrons. The maximum atomic E-state index is 5.44. The predicted molar refractivity (Wildman–Crippen MR) is 67.2 cm³/mol. The highest BCUT2D eigenvalue weighted by Crippen LogP contribution is 2.30. The lowest BCUT2D eigenvalue weighted by Crippen LogP contribution is -2.36. The van der Waals surface area contributed by atoms with Gasteiger partial charge in [-0.25, -0.2) is 0 Å². The van der Waals surface area contributed by atoms with Gasteiger partial charge in [0.2, 0.25) is 0 Å². The van der Waals surface area contributed by atoms with E-state index in [1.54, 1.807) is 0 Å². The minimum absolute atomic E-state index is 0.593. The first kappa shape index (κ1) is 12.0. The third-order valence-electron chi connectivity index (χ3n) is 4.29. The summed E-state index contributed by atoms with van der Waals surface area (Å²) < 4.78 is 5.44. The van der Waals surface area contributed by atoms with Crippen molar-refractivity contribution in [3.8, 4) is 0 Å². The molecule has 2 saturated heterocycles. The van der Waals surface area contributed by atoms with Crippen molar-refractivity contribution < 1.29 is 4.74 Å². The predicted octanol–water partition coefficient (Wildman–Crippen LogP) is 2.90. The third kappa shape index (κ3) is 2.60. The summed E-state index contributed by atoms with van der Waals surface area (Å²) >= 11 is 0. The molecule has 0 bridgehead atoms. The highest BCUT2D eigenvalue weighted by Gasteiger charge is 2.27. The molecule has 0 aromatic heterocycles. The molecular weight excluding hydrogens is 198 g/mol. The largest absolute Gasteiger partial charge is 0.381 e. The fourth-order valence-corrected chi connectivity index (χ4v) is 2.91. The molecule has 0 N–H and O–H groups in total. The van der Waals surface area contributed by atoms with Gasteiger partial charge in [-0.2, -0.15) is 0 Å². The van der Waals surface area contributed by atoms with Crippen LogP contribution in [0.2, 0.25) is 0 Å². The number of piperidine rings is 1. The van der Waals surface area contributed by atoms with E-state index >= 15 is 0 Å². The zero-order valence-corrected chi connectivity index (χ0v) is 10.7. The molecule has 2 heterocycles. The van der Waals surface area contributed by atoms with Gasteiger partial charge >= 0.3 is 0 Å². The average Bonchev–Trinajstić information content (AvgIpc) is 2.81. The lowest BCUT2D eigenvalue weighted by Gasteiger charge is -2.37. The fraction of sp³-hybridized carbons (Fsp3) is 0.857. The number of nitrogens with zero attached hydrogens (tertiary/aromatic N) is 1. The van der Waals surface area contributed by atoms with Gasteiger partial charge in [-0.3, -0.25) is 0 Å². The van der Waals surface area contributed by atoms with Crippen LogP contribution >= 0.6 is 0 Å². The second kappa shape index (κ2) is 5.22. The van der Waals surface area contributed by atoms with Crippen molar-refractivity contribution >= 4 is 0 Å². The molecule has 2 heteroatoms. The van der Waals surface area contributed by atoms with E-state index in [0.29, 0.717) is 5.92 Å². The molecule has 0 spiro atoms. The van der Waals surface area contributed by atoms with Gasteiger partial charge in [-0.05, 0) is 31.1 Å². The van der Waals surface area contributed by atoms with Crippen LogP contribution in [0, 0.1) is 17.8 Å². The summed E-state index contributed by atoms with van der Waals surface area (Å²) in [5.41, 5.74) is 1.33. The third-order valence-corrected chi connectivity index (χ3v) is 4.29. The lowest BCUT2D eigenvalue weighted by molar-refractivity contribution is 0.161. The van der Waals surface area contributed by atoms with E-state index in [2.05, 4.69) is 25.3 Å². The number of rotatable bonds is 3. The van der Waals surface area contributed by atoms with Crippen molar-refractivity contribution in [3.63, 3.8) is 0 Å². The normalized spacial score (nSPS) is 27.7. The van der Waals surface area contributed by atoms with Gasteiger partial charge in [0.15, 0.2) is 0 Å². The minimum Gasteiger partial charge on any atom is -0.381 e. The van der Waals surface area contributed by atoms with E-state index in [4.69, 9.17) is 4.74 Å². The van der Waals surface area contributed by atoms with E-state index in [1.807, 2.05) is 0 Å².